The summed E-state index contributed by atoms with van der Waals surface area (Å²) < 4.78 is 0. The SMILES string of the molecule is CC(C)CN1CCN(c2nc(Cl)ncc2[N+](=O)[O-])CC1. The third-order valence-corrected chi connectivity index (χ3v) is 3.39. The first-order chi connectivity index (χ1) is 9.47. The van der Waals surface area contributed by atoms with Crippen LogP contribution in [0.1, 0.15) is 13.8 Å². The average molecular weight is 300 g/mol. The Morgan fingerprint density at radius 1 is 1.40 bits per heavy atom. The van der Waals surface area contributed by atoms with E-state index in [0.29, 0.717) is 24.8 Å². The highest BCUT2D eigenvalue weighted by atomic mass is 35.5. The number of aromatic nitrogens is 2. The Morgan fingerprint density at radius 3 is 2.60 bits per heavy atom. The maximum Gasteiger partial charge on any atom is 0.329 e. The molecule has 20 heavy (non-hydrogen) atoms. The molecule has 1 aromatic heterocycles. The van der Waals surface area contributed by atoms with Crippen molar-refractivity contribution in [2.75, 3.05) is 37.6 Å². The Hall–Kier alpha value is -1.47. The van der Waals surface area contributed by atoms with Gasteiger partial charge >= 0.3 is 5.69 Å². The zero-order chi connectivity index (χ0) is 14.7. The molecule has 0 aromatic carbocycles. The number of halogens is 1. The molecule has 0 aliphatic carbocycles. The Morgan fingerprint density at radius 2 is 2.05 bits per heavy atom. The quantitative estimate of drug-likeness (QED) is 0.479. The summed E-state index contributed by atoms with van der Waals surface area (Å²) in [6, 6.07) is 0. The van der Waals surface area contributed by atoms with Gasteiger partial charge in [-0.3, -0.25) is 15.0 Å². The van der Waals surface area contributed by atoms with Crippen LogP contribution in [-0.4, -0.2) is 52.5 Å². The fourth-order valence-corrected chi connectivity index (χ4v) is 2.49. The molecular weight excluding hydrogens is 282 g/mol. The topological polar surface area (TPSA) is 75.4 Å². The highest BCUT2D eigenvalue weighted by Gasteiger charge is 2.26. The first-order valence-corrected chi connectivity index (χ1v) is 6.99. The molecule has 8 heteroatoms. The van der Waals surface area contributed by atoms with Gasteiger partial charge in [-0.25, -0.2) is 4.98 Å². The second kappa shape index (κ2) is 6.32. The number of piperazine rings is 1. The molecular formula is C12H18ClN5O2. The van der Waals surface area contributed by atoms with E-state index in [2.05, 4.69) is 28.7 Å². The van der Waals surface area contributed by atoms with Crippen molar-refractivity contribution >= 4 is 23.1 Å². The molecule has 7 nitrogen and oxygen atoms in total. The monoisotopic (exact) mass is 299 g/mol. The fourth-order valence-electron chi connectivity index (χ4n) is 2.37. The van der Waals surface area contributed by atoms with Crippen molar-refractivity contribution in [3.05, 3.63) is 21.6 Å². The van der Waals surface area contributed by atoms with Gasteiger partial charge in [0.25, 0.3) is 0 Å². The van der Waals surface area contributed by atoms with Gasteiger partial charge in [-0.1, -0.05) is 13.8 Å². The zero-order valence-corrected chi connectivity index (χ0v) is 12.4. The van der Waals surface area contributed by atoms with Crippen molar-refractivity contribution in [3.8, 4) is 0 Å². The summed E-state index contributed by atoms with van der Waals surface area (Å²) in [5.74, 6) is 0.934. The Bertz CT molecular complexity index is 489. The van der Waals surface area contributed by atoms with E-state index < -0.39 is 4.92 Å². The molecule has 2 rings (SSSR count). The van der Waals surface area contributed by atoms with Gasteiger partial charge in [0.1, 0.15) is 6.20 Å². The van der Waals surface area contributed by atoms with E-state index in [1.807, 2.05) is 4.90 Å². The number of nitrogens with zero attached hydrogens (tertiary/aromatic N) is 5. The smallest absolute Gasteiger partial charge is 0.329 e. The van der Waals surface area contributed by atoms with Crippen LogP contribution in [0.4, 0.5) is 11.5 Å². The van der Waals surface area contributed by atoms with Crippen molar-refractivity contribution < 1.29 is 4.92 Å². The molecule has 1 aromatic rings. The Balaban J connectivity index is 2.10. The van der Waals surface area contributed by atoms with Crippen LogP contribution < -0.4 is 4.90 Å². The summed E-state index contributed by atoms with van der Waals surface area (Å²) in [4.78, 5) is 22.5. The lowest BCUT2D eigenvalue weighted by atomic mass is 10.2. The molecule has 0 bridgehead atoms. The largest absolute Gasteiger partial charge is 0.348 e. The molecule has 0 N–H and O–H groups in total. The lowest BCUT2D eigenvalue weighted by molar-refractivity contribution is -0.384. The minimum Gasteiger partial charge on any atom is -0.348 e. The summed E-state index contributed by atoms with van der Waals surface area (Å²) in [7, 11) is 0. The first kappa shape index (κ1) is 14.9. The average Bonchev–Trinajstić information content (AvgIpc) is 2.38. The van der Waals surface area contributed by atoms with Crippen molar-refractivity contribution in [2.24, 2.45) is 5.92 Å². The maximum absolute atomic E-state index is 11.0. The molecule has 1 aliphatic heterocycles. The second-order valence-electron chi connectivity index (χ2n) is 5.29. The van der Waals surface area contributed by atoms with Crippen molar-refractivity contribution in [1.29, 1.82) is 0 Å². The van der Waals surface area contributed by atoms with E-state index in [0.717, 1.165) is 19.6 Å². The molecule has 0 unspecified atom stereocenters. The Labute approximate surface area is 122 Å². The van der Waals surface area contributed by atoms with Crippen LogP contribution in [-0.2, 0) is 0 Å². The van der Waals surface area contributed by atoms with Crippen LogP contribution in [0, 0.1) is 16.0 Å². The molecule has 1 saturated heterocycles. The van der Waals surface area contributed by atoms with E-state index in [9.17, 15) is 10.1 Å². The van der Waals surface area contributed by atoms with Crippen LogP contribution in [0.2, 0.25) is 5.28 Å². The molecule has 0 radical (unpaired) electrons. The van der Waals surface area contributed by atoms with Gasteiger partial charge in [0.2, 0.25) is 11.1 Å². The zero-order valence-electron chi connectivity index (χ0n) is 11.6. The van der Waals surface area contributed by atoms with E-state index in [-0.39, 0.29) is 11.0 Å². The standard InChI is InChI=1S/C12H18ClN5O2/c1-9(2)8-16-3-5-17(6-4-16)11-10(18(19)20)7-14-12(13)15-11/h7,9H,3-6,8H2,1-2H3. The van der Waals surface area contributed by atoms with Crippen LogP contribution in [0.15, 0.2) is 6.20 Å². The van der Waals surface area contributed by atoms with Gasteiger partial charge in [-0.2, -0.15) is 4.98 Å². The summed E-state index contributed by atoms with van der Waals surface area (Å²) >= 11 is 5.76. The molecule has 1 fully saturated rings. The number of nitro groups is 1. The minimum absolute atomic E-state index is 0.0372. The van der Waals surface area contributed by atoms with Gasteiger partial charge < -0.3 is 4.90 Å². The number of hydrogen-bond donors (Lipinski definition) is 0. The van der Waals surface area contributed by atoms with Crippen molar-refractivity contribution in [3.63, 3.8) is 0 Å². The molecule has 2 heterocycles. The number of hydrogen-bond acceptors (Lipinski definition) is 6. The third kappa shape index (κ3) is 3.55. The summed E-state index contributed by atoms with van der Waals surface area (Å²) in [6.45, 7) is 8.57. The highest BCUT2D eigenvalue weighted by Crippen LogP contribution is 2.26. The fraction of sp³-hybridized carbons (Fsp3) is 0.667. The molecule has 110 valence electrons. The van der Waals surface area contributed by atoms with Gasteiger partial charge in [0, 0.05) is 32.7 Å². The van der Waals surface area contributed by atoms with E-state index >= 15 is 0 Å². The summed E-state index contributed by atoms with van der Waals surface area (Å²) in [5.41, 5.74) is -0.0910. The molecule has 0 amide bonds. The predicted octanol–water partition coefficient (Wildman–Crippen LogP) is 1.82. The molecule has 1 aliphatic rings. The Kier molecular flexibility index (Phi) is 4.72. The van der Waals surface area contributed by atoms with Crippen LogP contribution in [0.3, 0.4) is 0 Å². The van der Waals surface area contributed by atoms with Gasteiger partial charge in [0.15, 0.2) is 0 Å². The van der Waals surface area contributed by atoms with E-state index in [1.54, 1.807) is 0 Å². The third-order valence-electron chi connectivity index (χ3n) is 3.21. The maximum atomic E-state index is 11.0. The second-order valence-corrected chi connectivity index (χ2v) is 5.62. The van der Waals surface area contributed by atoms with Gasteiger partial charge in [0.05, 0.1) is 4.92 Å². The highest BCUT2D eigenvalue weighted by molar-refractivity contribution is 6.28. The summed E-state index contributed by atoms with van der Waals surface area (Å²) in [6.07, 6.45) is 1.17. The van der Waals surface area contributed by atoms with Gasteiger partial charge in [-0.05, 0) is 17.5 Å². The lowest BCUT2D eigenvalue weighted by Gasteiger charge is -2.35. The van der Waals surface area contributed by atoms with Gasteiger partial charge in [-0.15, -0.1) is 0 Å². The van der Waals surface area contributed by atoms with Crippen LogP contribution in [0.5, 0.6) is 0 Å². The first-order valence-electron chi connectivity index (χ1n) is 6.61. The van der Waals surface area contributed by atoms with Crippen molar-refractivity contribution in [1.82, 2.24) is 14.9 Å². The summed E-state index contributed by atoms with van der Waals surface area (Å²) in [5, 5.41) is 11.1. The molecule has 0 saturated carbocycles. The molecule has 0 spiro atoms. The van der Waals surface area contributed by atoms with Crippen LogP contribution >= 0.6 is 11.6 Å². The van der Waals surface area contributed by atoms with Crippen LogP contribution in [0.25, 0.3) is 0 Å². The number of anilines is 1. The number of rotatable bonds is 4. The predicted molar refractivity (Wildman–Crippen MR) is 77.2 cm³/mol. The minimum atomic E-state index is -0.466. The lowest BCUT2D eigenvalue weighted by Crippen LogP contribution is -2.47. The van der Waals surface area contributed by atoms with Crippen molar-refractivity contribution in [2.45, 2.75) is 13.8 Å². The normalized spacial score (nSPS) is 16.7. The molecule has 0 atom stereocenters. The van der Waals surface area contributed by atoms with E-state index in [1.165, 1.54) is 6.20 Å². The van der Waals surface area contributed by atoms with E-state index in [4.69, 9.17) is 11.6 Å².